The third-order valence-electron chi connectivity index (χ3n) is 2.26. The second kappa shape index (κ2) is 4.87. The lowest BCUT2D eigenvalue weighted by atomic mass is 9.79. The molecule has 0 amide bonds. The maximum Gasteiger partial charge on any atom is 0.488 e. The van der Waals surface area contributed by atoms with Crippen LogP contribution in [0.25, 0.3) is 0 Å². The summed E-state index contributed by atoms with van der Waals surface area (Å²) < 4.78 is 5.20. The molecule has 0 radical (unpaired) electrons. The van der Waals surface area contributed by atoms with Crippen LogP contribution in [0.1, 0.15) is 19.4 Å². The lowest BCUT2D eigenvalue weighted by Gasteiger charge is -2.20. The van der Waals surface area contributed by atoms with Crippen molar-refractivity contribution in [3.63, 3.8) is 0 Å². The fourth-order valence-corrected chi connectivity index (χ4v) is 1.56. The summed E-state index contributed by atoms with van der Waals surface area (Å²) in [7, 11) is 0.0735. The molecular formula is C11H18BNO3. The summed E-state index contributed by atoms with van der Waals surface area (Å²) in [5.41, 5.74) is 6.98. The smallest absolute Gasteiger partial charge is 0.488 e. The van der Waals surface area contributed by atoms with Crippen LogP contribution < -0.4 is 15.9 Å². The van der Waals surface area contributed by atoms with Crippen molar-refractivity contribution in [2.45, 2.75) is 25.8 Å². The van der Waals surface area contributed by atoms with Gasteiger partial charge in [0.15, 0.2) is 0 Å². The van der Waals surface area contributed by atoms with Crippen LogP contribution in [0.2, 0.25) is 0 Å². The summed E-state index contributed by atoms with van der Waals surface area (Å²) >= 11 is 0. The van der Waals surface area contributed by atoms with Crippen molar-refractivity contribution < 1.29 is 14.8 Å². The van der Waals surface area contributed by atoms with Crippen molar-refractivity contribution in [1.29, 1.82) is 0 Å². The molecule has 0 fully saturated rings. The Balaban J connectivity index is 3.02. The van der Waals surface area contributed by atoms with E-state index in [1.807, 2.05) is 19.9 Å². The van der Waals surface area contributed by atoms with Crippen LogP contribution in [0.5, 0.6) is 5.75 Å². The van der Waals surface area contributed by atoms with E-state index >= 15 is 0 Å². The Morgan fingerprint density at radius 3 is 2.44 bits per heavy atom. The fraction of sp³-hybridized carbons (Fsp3) is 0.455. The molecule has 4 N–H and O–H groups in total. The maximum atomic E-state index is 9.04. The molecule has 1 rings (SSSR count). The molecule has 0 aliphatic rings. The molecule has 0 aliphatic carbocycles. The Kier molecular flexibility index (Phi) is 3.96. The minimum absolute atomic E-state index is 0.327. The molecule has 0 aliphatic heterocycles. The molecule has 4 nitrogen and oxygen atoms in total. The van der Waals surface area contributed by atoms with Gasteiger partial charge in [-0.1, -0.05) is 12.1 Å². The van der Waals surface area contributed by atoms with Crippen LogP contribution >= 0.6 is 0 Å². The lowest BCUT2D eigenvalue weighted by Crippen LogP contribution is -2.35. The molecule has 0 aromatic heterocycles. The third-order valence-corrected chi connectivity index (χ3v) is 2.26. The van der Waals surface area contributed by atoms with Crippen LogP contribution in [0.4, 0.5) is 0 Å². The average Bonchev–Trinajstić information content (AvgIpc) is 2.15. The van der Waals surface area contributed by atoms with Gasteiger partial charge in [0.2, 0.25) is 0 Å². The van der Waals surface area contributed by atoms with Gasteiger partial charge in [-0.15, -0.1) is 0 Å². The van der Waals surface area contributed by atoms with Crippen molar-refractivity contribution in [2.75, 3.05) is 7.11 Å². The highest BCUT2D eigenvalue weighted by Crippen LogP contribution is 2.20. The summed E-state index contributed by atoms with van der Waals surface area (Å²) in [4.78, 5) is 0. The number of benzene rings is 1. The fourth-order valence-electron chi connectivity index (χ4n) is 1.56. The standard InChI is InChI=1S/C11H18BNO3/c1-11(2,13)7-8-4-5-9(12(14)15)6-10(8)16-3/h4-6,14-15H,7,13H2,1-3H3. The first-order valence-corrected chi connectivity index (χ1v) is 5.15. The molecule has 0 bridgehead atoms. The van der Waals surface area contributed by atoms with Crippen LogP contribution in [-0.2, 0) is 6.42 Å². The van der Waals surface area contributed by atoms with Crippen molar-refractivity contribution in [3.8, 4) is 5.75 Å². The average molecular weight is 223 g/mol. The molecule has 16 heavy (non-hydrogen) atoms. The first kappa shape index (κ1) is 13.0. The second-order valence-corrected chi connectivity index (χ2v) is 4.61. The molecule has 0 saturated heterocycles. The highest BCUT2D eigenvalue weighted by atomic mass is 16.5. The zero-order valence-corrected chi connectivity index (χ0v) is 9.90. The highest BCUT2D eigenvalue weighted by Gasteiger charge is 2.18. The van der Waals surface area contributed by atoms with Crippen molar-refractivity contribution in [1.82, 2.24) is 0 Å². The molecule has 0 heterocycles. The van der Waals surface area contributed by atoms with E-state index in [-0.39, 0.29) is 5.54 Å². The van der Waals surface area contributed by atoms with E-state index in [9.17, 15) is 0 Å². The summed E-state index contributed by atoms with van der Waals surface area (Å²) in [5.74, 6) is 0.629. The monoisotopic (exact) mass is 223 g/mol. The van der Waals surface area contributed by atoms with Crippen molar-refractivity contribution >= 4 is 12.6 Å². The Bertz CT molecular complexity index is 361. The summed E-state index contributed by atoms with van der Waals surface area (Å²) in [6.07, 6.45) is 0.665. The van der Waals surface area contributed by atoms with Gasteiger partial charge < -0.3 is 20.5 Å². The molecule has 0 atom stereocenters. The largest absolute Gasteiger partial charge is 0.496 e. The highest BCUT2D eigenvalue weighted by molar-refractivity contribution is 6.58. The predicted octanol–water partition coefficient (Wildman–Crippen LogP) is -0.345. The number of nitrogens with two attached hydrogens (primary N) is 1. The van der Waals surface area contributed by atoms with E-state index in [1.165, 1.54) is 0 Å². The van der Waals surface area contributed by atoms with Gasteiger partial charge in [0, 0.05) is 5.54 Å². The Labute approximate surface area is 96.2 Å². The number of methoxy groups -OCH3 is 1. The lowest BCUT2D eigenvalue weighted by molar-refractivity contribution is 0.401. The maximum absolute atomic E-state index is 9.04. The molecular weight excluding hydrogens is 205 g/mol. The predicted molar refractivity (Wildman–Crippen MR) is 64.8 cm³/mol. The van der Waals surface area contributed by atoms with E-state index in [0.717, 1.165) is 5.56 Å². The van der Waals surface area contributed by atoms with Gasteiger partial charge in [-0.05, 0) is 37.4 Å². The van der Waals surface area contributed by atoms with Crippen LogP contribution in [0, 0.1) is 0 Å². The van der Waals surface area contributed by atoms with Gasteiger partial charge in [0.1, 0.15) is 5.75 Å². The van der Waals surface area contributed by atoms with Crippen LogP contribution in [0.3, 0.4) is 0 Å². The summed E-state index contributed by atoms with van der Waals surface area (Å²) in [6, 6.07) is 5.09. The van der Waals surface area contributed by atoms with Crippen LogP contribution in [0.15, 0.2) is 18.2 Å². The summed E-state index contributed by atoms with van der Waals surface area (Å²) in [5, 5.41) is 18.1. The van der Waals surface area contributed by atoms with Gasteiger partial charge in [0.05, 0.1) is 7.11 Å². The summed E-state index contributed by atoms with van der Waals surface area (Å²) in [6.45, 7) is 3.86. The first-order valence-electron chi connectivity index (χ1n) is 5.15. The van der Waals surface area contributed by atoms with Crippen molar-refractivity contribution in [2.24, 2.45) is 5.73 Å². The van der Waals surface area contributed by atoms with E-state index in [2.05, 4.69) is 0 Å². The van der Waals surface area contributed by atoms with Gasteiger partial charge in [-0.2, -0.15) is 0 Å². The van der Waals surface area contributed by atoms with Gasteiger partial charge in [0.25, 0.3) is 0 Å². The second-order valence-electron chi connectivity index (χ2n) is 4.61. The SMILES string of the molecule is COc1cc(B(O)O)ccc1CC(C)(C)N. The number of hydrogen-bond acceptors (Lipinski definition) is 4. The quantitative estimate of drug-likeness (QED) is 0.610. The Morgan fingerprint density at radius 1 is 1.38 bits per heavy atom. The Hall–Kier alpha value is -1.04. The van der Waals surface area contributed by atoms with Crippen LogP contribution in [-0.4, -0.2) is 29.8 Å². The minimum atomic E-state index is -1.48. The van der Waals surface area contributed by atoms with Gasteiger partial charge in [-0.25, -0.2) is 0 Å². The zero-order chi connectivity index (χ0) is 12.3. The molecule has 88 valence electrons. The Morgan fingerprint density at radius 2 is 2.00 bits per heavy atom. The molecule has 0 saturated carbocycles. The zero-order valence-electron chi connectivity index (χ0n) is 9.90. The number of ether oxygens (including phenoxy) is 1. The number of hydrogen-bond donors (Lipinski definition) is 3. The van der Waals surface area contributed by atoms with E-state index in [4.69, 9.17) is 20.5 Å². The normalized spacial score (nSPS) is 11.4. The molecule has 1 aromatic carbocycles. The molecule has 0 unspecified atom stereocenters. The number of rotatable bonds is 4. The van der Waals surface area contributed by atoms with Crippen molar-refractivity contribution in [3.05, 3.63) is 23.8 Å². The van der Waals surface area contributed by atoms with Gasteiger partial charge in [-0.3, -0.25) is 0 Å². The van der Waals surface area contributed by atoms with Gasteiger partial charge >= 0.3 is 7.12 Å². The van der Waals surface area contributed by atoms with E-state index in [1.54, 1.807) is 19.2 Å². The topological polar surface area (TPSA) is 75.7 Å². The van der Waals surface area contributed by atoms with E-state index in [0.29, 0.717) is 17.6 Å². The first-order chi connectivity index (χ1) is 7.33. The van der Waals surface area contributed by atoms with E-state index < -0.39 is 7.12 Å². The third kappa shape index (κ3) is 3.52. The molecule has 1 aromatic rings. The minimum Gasteiger partial charge on any atom is -0.496 e. The molecule has 0 spiro atoms. The molecule has 5 heteroatoms.